The van der Waals surface area contributed by atoms with Crippen LogP contribution < -0.4 is 0 Å². The van der Waals surface area contributed by atoms with Crippen molar-refractivity contribution in [3.05, 3.63) is 87.5 Å². The molecule has 2 heterocycles. The van der Waals surface area contributed by atoms with Crippen molar-refractivity contribution in [3.8, 4) is 0 Å². The highest BCUT2D eigenvalue weighted by atomic mass is 32.2. The molecular formula is C23H19N3O8S. The topological polar surface area (TPSA) is 147 Å². The minimum Gasteiger partial charge on any atom is -0.459 e. The largest absolute Gasteiger partial charge is 0.459 e. The summed E-state index contributed by atoms with van der Waals surface area (Å²) in [6.45, 7) is 5.02. The maximum atomic E-state index is 13.1. The Balaban J connectivity index is 1.50. The SMILES string of the molecule is C=C(C)[C@H](C(=O)OCc1ccc([N+](=O)[O-])cc1)N1C(=O)[C@H](N2C(=O)c3ccccc3C2=O)[C@@H]1SO. The summed E-state index contributed by atoms with van der Waals surface area (Å²) in [5.41, 5.74) is 0.921. The van der Waals surface area contributed by atoms with Crippen molar-refractivity contribution < 1.29 is 33.4 Å². The molecule has 0 saturated carbocycles. The lowest BCUT2D eigenvalue weighted by atomic mass is 9.98. The Bertz CT molecular complexity index is 1230. The van der Waals surface area contributed by atoms with E-state index in [4.69, 9.17) is 4.74 Å². The summed E-state index contributed by atoms with van der Waals surface area (Å²) in [5, 5.41) is 9.67. The summed E-state index contributed by atoms with van der Waals surface area (Å²) in [7, 11) is 0. The molecule has 2 aliphatic rings. The first kappa shape index (κ1) is 24.1. The van der Waals surface area contributed by atoms with Gasteiger partial charge in [-0.1, -0.05) is 18.7 Å². The fraction of sp³-hybridized carbons (Fsp3) is 0.217. The zero-order chi connectivity index (χ0) is 25.4. The van der Waals surface area contributed by atoms with E-state index in [0.29, 0.717) is 5.56 Å². The number of benzene rings is 2. The van der Waals surface area contributed by atoms with Crippen molar-refractivity contribution in [3.63, 3.8) is 0 Å². The average Bonchev–Trinajstić information content (AvgIpc) is 3.09. The van der Waals surface area contributed by atoms with Crippen LogP contribution in [-0.4, -0.2) is 60.4 Å². The smallest absolute Gasteiger partial charge is 0.333 e. The molecule has 0 aliphatic carbocycles. The average molecular weight is 497 g/mol. The van der Waals surface area contributed by atoms with Crippen LogP contribution in [-0.2, 0) is 20.9 Å². The first-order valence-corrected chi connectivity index (χ1v) is 11.2. The number of carbonyl (C=O) groups is 4. The number of likely N-dealkylation sites (tertiary alicyclic amines) is 1. The number of amides is 3. The molecule has 0 unspecified atom stereocenters. The number of carbonyl (C=O) groups excluding carboxylic acids is 4. The van der Waals surface area contributed by atoms with Crippen LogP contribution in [0.4, 0.5) is 5.69 Å². The minimum atomic E-state index is -1.30. The summed E-state index contributed by atoms with van der Waals surface area (Å²) >= 11 is 0.229. The van der Waals surface area contributed by atoms with E-state index in [2.05, 4.69) is 6.58 Å². The number of rotatable bonds is 8. The molecule has 1 N–H and O–H groups in total. The number of ether oxygens (including phenoxy) is 1. The van der Waals surface area contributed by atoms with Gasteiger partial charge in [-0.25, -0.2) is 4.79 Å². The zero-order valence-electron chi connectivity index (χ0n) is 18.3. The van der Waals surface area contributed by atoms with Gasteiger partial charge in [0.05, 0.1) is 16.1 Å². The molecule has 3 amide bonds. The van der Waals surface area contributed by atoms with Gasteiger partial charge in [-0.2, -0.15) is 0 Å². The molecule has 11 nitrogen and oxygen atoms in total. The summed E-state index contributed by atoms with van der Waals surface area (Å²) in [6, 6.07) is 8.96. The van der Waals surface area contributed by atoms with Crippen molar-refractivity contribution >= 4 is 41.4 Å². The van der Waals surface area contributed by atoms with E-state index in [1.807, 2.05) is 0 Å². The second-order valence-electron chi connectivity index (χ2n) is 7.99. The molecule has 0 radical (unpaired) electrons. The third-order valence-electron chi connectivity index (χ3n) is 5.76. The molecule has 35 heavy (non-hydrogen) atoms. The third-order valence-corrected chi connectivity index (χ3v) is 6.46. The predicted octanol–water partition coefficient (Wildman–Crippen LogP) is 2.62. The molecule has 2 aromatic carbocycles. The monoisotopic (exact) mass is 497 g/mol. The highest BCUT2D eigenvalue weighted by Crippen LogP contribution is 2.39. The van der Waals surface area contributed by atoms with Crippen molar-refractivity contribution in [2.45, 2.75) is 31.0 Å². The Hall–Kier alpha value is -4.03. The number of fused-ring (bicyclic) bond motifs is 1. The Morgan fingerprint density at radius 3 is 2.20 bits per heavy atom. The first-order valence-electron chi connectivity index (χ1n) is 10.3. The lowest BCUT2D eigenvalue weighted by Crippen LogP contribution is -2.73. The van der Waals surface area contributed by atoms with Crippen molar-refractivity contribution in [1.29, 1.82) is 0 Å². The quantitative estimate of drug-likeness (QED) is 0.111. The Labute approximate surface area is 203 Å². The molecule has 2 aliphatic heterocycles. The van der Waals surface area contributed by atoms with Gasteiger partial charge in [-0.3, -0.25) is 29.4 Å². The van der Waals surface area contributed by atoms with Crippen LogP contribution in [0.25, 0.3) is 0 Å². The van der Waals surface area contributed by atoms with E-state index in [9.17, 15) is 33.8 Å². The molecule has 0 bridgehead atoms. The van der Waals surface area contributed by atoms with E-state index in [1.165, 1.54) is 43.3 Å². The fourth-order valence-electron chi connectivity index (χ4n) is 4.05. The number of esters is 1. The van der Waals surface area contributed by atoms with Crippen molar-refractivity contribution in [1.82, 2.24) is 9.80 Å². The lowest BCUT2D eigenvalue weighted by Gasteiger charge is -2.50. The summed E-state index contributed by atoms with van der Waals surface area (Å²) in [6.07, 6.45) is 0. The van der Waals surface area contributed by atoms with Gasteiger partial charge in [0, 0.05) is 24.2 Å². The number of hydrogen-bond acceptors (Lipinski definition) is 9. The minimum absolute atomic E-state index is 0.118. The summed E-state index contributed by atoms with van der Waals surface area (Å²) in [5.74, 6) is -2.87. The highest BCUT2D eigenvalue weighted by molar-refractivity contribution is 7.94. The van der Waals surface area contributed by atoms with Crippen LogP contribution in [0.3, 0.4) is 0 Å². The van der Waals surface area contributed by atoms with Crippen LogP contribution in [0.15, 0.2) is 60.7 Å². The van der Waals surface area contributed by atoms with E-state index < -0.39 is 46.1 Å². The van der Waals surface area contributed by atoms with Crippen molar-refractivity contribution in [2.75, 3.05) is 0 Å². The summed E-state index contributed by atoms with van der Waals surface area (Å²) < 4.78 is 15.2. The number of nitro benzene ring substituents is 1. The second kappa shape index (κ2) is 9.31. The zero-order valence-corrected chi connectivity index (χ0v) is 19.1. The van der Waals surface area contributed by atoms with E-state index >= 15 is 0 Å². The molecule has 4 rings (SSSR count). The number of nitrogens with zero attached hydrogens (tertiary/aromatic N) is 3. The molecule has 3 atom stereocenters. The Kier molecular flexibility index (Phi) is 6.41. The van der Waals surface area contributed by atoms with Crippen LogP contribution in [0.2, 0.25) is 0 Å². The molecule has 180 valence electrons. The molecule has 0 spiro atoms. The molecule has 0 aromatic heterocycles. The van der Waals surface area contributed by atoms with E-state index in [0.717, 1.165) is 9.80 Å². The highest BCUT2D eigenvalue weighted by Gasteiger charge is 2.60. The van der Waals surface area contributed by atoms with Crippen LogP contribution in [0.5, 0.6) is 0 Å². The van der Waals surface area contributed by atoms with Crippen LogP contribution >= 0.6 is 12.0 Å². The van der Waals surface area contributed by atoms with Gasteiger partial charge in [0.25, 0.3) is 23.4 Å². The molecule has 1 fully saturated rings. The van der Waals surface area contributed by atoms with E-state index in [-0.39, 0.29) is 41.0 Å². The number of imide groups is 1. The normalized spacial score (nSPS) is 19.8. The van der Waals surface area contributed by atoms with Gasteiger partial charge < -0.3 is 14.2 Å². The number of hydrogen-bond donors (Lipinski definition) is 1. The maximum absolute atomic E-state index is 13.1. The standard InChI is InChI=1S/C23H19N3O8S/c1-12(2)17(23(30)34-11-13-7-9-14(10-8-13)26(31)32)25-21(29)18(22(25)35-33)24-19(27)15-5-3-4-6-16(15)20(24)28/h3-10,17-18,22,33H,1,11H2,2H3/t17-,18+,22+/m1/s1. The van der Waals surface area contributed by atoms with Gasteiger partial charge in [-0.05, 0) is 42.3 Å². The second-order valence-corrected chi connectivity index (χ2v) is 8.69. The Morgan fingerprint density at radius 1 is 1.14 bits per heavy atom. The van der Waals surface area contributed by atoms with Crippen molar-refractivity contribution in [2.24, 2.45) is 0 Å². The van der Waals surface area contributed by atoms with Gasteiger partial charge >= 0.3 is 5.97 Å². The molecular weight excluding hydrogens is 478 g/mol. The molecule has 2 aromatic rings. The molecule has 12 heteroatoms. The molecule has 1 saturated heterocycles. The van der Waals surface area contributed by atoms with Gasteiger partial charge in [0.2, 0.25) is 0 Å². The summed E-state index contributed by atoms with van der Waals surface area (Å²) in [4.78, 5) is 63.7. The Morgan fingerprint density at radius 2 is 1.71 bits per heavy atom. The number of non-ortho nitro benzene ring substituents is 1. The van der Waals surface area contributed by atoms with Crippen LogP contribution in [0.1, 0.15) is 33.2 Å². The lowest BCUT2D eigenvalue weighted by molar-refractivity contribution is -0.384. The van der Waals surface area contributed by atoms with E-state index in [1.54, 1.807) is 12.1 Å². The first-order chi connectivity index (χ1) is 16.7. The fourth-order valence-corrected chi connectivity index (χ4v) is 4.73. The predicted molar refractivity (Wildman–Crippen MR) is 123 cm³/mol. The third kappa shape index (κ3) is 4.06. The van der Waals surface area contributed by atoms with Gasteiger partial charge in [0.1, 0.15) is 12.0 Å². The van der Waals surface area contributed by atoms with Crippen LogP contribution in [0, 0.1) is 10.1 Å². The van der Waals surface area contributed by atoms with Gasteiger partial charge in [-0.15, -0.1) is 0 Å². The number of β-lactam (4-membered cyclic amide) rings is 1. The van der Waals surface area contributed by atoms with Gasteiger partial charge in [0.15, 0.2) is 12.1 Å². The maximum Gasteiger partial charge on any atom is 0.333 e. The number of nitro groups is 1.